The van der Waals surface area contributed by atoms with Gasteiger partial charge in [0.1, 0.15) is 11.4 Å². The van der Waals surface area contributed by atoms with E-state index in [0.717, 1.165) is 33.2 Å². The van der Waals surface area contributed by atoms with Crippen LogP contribution in [-0.4, -0.2) is 17.9 Å². The summed E-state index contributed by atoms with van der Waals surface area (Å²) in [5, 5.41) is 2.01. The smallest absolute Gasteiger partial charge is 0.227 e. The van der Waals surface area contributed by atoms with Gasteiger partial charge in [0, 0.05) is 23.5 Å². The molecule has 3 rings (SSSR count). The molecule has 4 heteroatoms. The summed E-state index contributed by atoms with van der Waals surface area (Å²) in [6.45, 7) is 8.05. The van der Waals surface area contributed by atoms with Gasteiger partial charge in [-0.2, -0.15) is 0 Å². The molecule has 0 saturated carbocycles. The number of aromatic nitrogens is 1. The fraction of sp³-hybridized carbons (Fsp3) is 0.263. The van der Waals surface area contributed by atoms with Gasteiger partial charge in [-0.15, -0.1) is 6.58 Å². The first-order valence-electron chi connectivity index (χ1n) is 7.75. The molecule has 0 bridgehead atoms. The minimum absolute atomic E-state index is 0.352. The van der Waals surface area contributed by atoms with E-state index in [9.17, 15) is 0 Å². The highest BCUT2D eigenvalue weighted by atomic mass is 16.3. The van der Waals surface area contributed by atoms with Gasteiger partial charge in [-0.3, -0.25) is 4.99 Å². The number of nitrogens with zero attached hydrogens (tertiary/aromatic N) is 2. The number of hydrogen-bond donors (Lipinski definition) is 1. The van der Waals surface area contributed by atoms with E-state index in [0.29, 0.717) is 23.9 Å². The van der Waals surface area contributed by atoms with Crippen molar-refractivity contribution in [2.45, 2.75) is 26.2 Å². The molecule has 0 amide bonds. The number of allylic oxidation sites excluding steroid dienone is 1. The van der Waals surface area contributed by atoms with E-state index < -0.39 is 0 Å². The molecule has 4 nitrogen and oxygen atoms in total. The standard InChI is InChI=1S/C19H21N3O/c1-5-6-12-7-8-13-14-9-10-15(11(2)3)22-19(14)23-17(13)16(12)18(20)21-4/h5,7-11H,1,6H2,2-4H3,(H2,20,21). The molecule has 0 saturated heterocycles. The average molecular weight is 307 g/mol. The van der Waals surface area contributed by atoms with Crippen LogP contribution < -0.4 is 5.73 Å². The zero-order chi connectivity index (χ0) is 16.6. The summed E-state index contributed by atoms with van der Waals surface area (Å²) in [7, 11) is 1.68. The Morgan fingerprint density at radius 2 is 2.04 bits per heavy atom. The van der Waals surface area contributed by atoms with Gasteiger partial charge in [0.25, 0.3) is 0 Å². The maximum atomic E-state index is 6.13. The van der Waals surface area contributed by atoms with Gasteiger partial charge in [0.2, 0.25) is 5.71 Å². The Kier molecular flexibility index (Phi) is 3.90. The van der Waals surface area contributed by atoms with Crippen molar-refractivity contribution in [2.75, 3.05) is 7.05 Å². The Morgan fingerprint density at radius 3 is 2.70 bits per heavy atom. The van der Waals surface area contributed by atoms with Gasteiger partial charge in [0.15, 0.2) is 0 Å². The summed E-state index contributed by atoms with van der Waals surface area (Å²) < 4.78 is 6.08. The number of aliphatic imine (C=N–C) groups is 1. The number of furan rings is 1. The third kappa shape index (κ3) is 2.50. The molecule has 118 valence electrons. The summed E-state index contributed by atoms with van der Waals surface area (Å²) in [5.74, 6) is 0.821. The molecule has 1 aromatic carbocycles. The van der Waals surface area contributed by atoms with Crippen LogP contribution in [0.4, 0.5) is 0 Å². The molecule has 3 aromatic rings. The van der Waals surface area contributed by atoms with Gasteiger partial charge in [-0.1, -0.05) is 32.1 Å². The van der Waals surface area contributed by atoms with E-state index in [1.54, 1.807) is 7.05 Å². The van der Waals surface area contributed by atoms with Crippen LogP contribution in [0.3, 0.4) is 0 Å². The van der Waals surface area contributed by atoms with Gasteiger partial charge >= 0.3 is 0 Å². The Bertz CT molecular complexity index is 919. The molecule has 2 N–H and O–H groups in total. The second-order valence-corrected chi connectivity index (χ2v) is 5.92. The van der Waals surface area contributed by atoms with Crippen LogP contribution in [-0.2, 0) is 6.42 Å². The van der Waals surface area contributed by atoms with Crippen molar-refractivity contribution in [3.63, 3.8) is 0 Å². The van der Waals surface area contributed by atoms with Crippen molar-refractivity contribution in [3.05, 3.63) is 53.7 Å². The summed E-state index contributed by atoms with van der Waals surface area (Å²) in [6, 6.07) is 8.24. The van der Waals surface area contributed by atoms with E-state index in [1.165, 1.54) is 0 Å². The van der Waals surface area contributed by atoms with Gasteiger partial charge in [-0.25, -0.2) is 4.98 Å². The lowest BCUT2D eigenvalue weighted by molar-refractivity contribution is 0.646. The van der Waals surface area contributed by atoms with Crippen LogP contribution in [0.1, 0.15) is 36.6 Å². The zero-order valence-corrected chi connectivity index (χ0v) is 13.8. The first-order valence-corrected chi connectivity index (χ1v) is 7.75. The number of amidine groups is 1. The maximum absolute atomic E-state index is 6.13. The average Bonchev–Trinajstić information content (AvgIpc) is 2.91. The number of benzene rings is 1. The van der Waals surface area contributed by atoms with E-state index in [1.807, 2.05) is 6.08 Å². The SMILES string of the molecule is C=CCc1ccc2c(oc3nc(C(C)C)ccc32)c1/C(N)=N\C. The highest BCUT2D eigenvalue weighted by Crippen LogP contribution is 2.33. The highest BCUT2D eigenvalue weighted by molar-refractivity contribution is 6.14. The van der Waals surface area contributed by atoms with E-state index >= 15 is 0 Å². The van der Waals surface area contributed by atoms with Crippen molar-refractivity contribution in [1.29, 1.82) is 0 Å². The summed E-state index contributed by atoms with van der Waals surface area (Å²) in [4.78, 5) is 8.79. The number of hydrogen-bond acceptors (Lipinski definition) is 3. The number of pyridine rings is 1. The quantitative estimate of drug-likeness (QED) is 0.447. The van der Waals surface area contributed by atoms with Crippen LogP contribution in [0.25, 0.3) is 22.1 Å². The molecule has 2 aromatic heterocycles. The zero-order valence-electron chi connectivity index (χ0n) is 13.8. The lowest BCUT2D eigenvalue weighted by atomic mass is 10.00. The Morgan fingerprint density at radius 1 is 1.30 bits per heavy atom. The molecule has 0 aliphatic heterocycles. The molecule has 0 aliphatic rings. The number of fused-ring (bicyclic) bond motifs is 3. The van der Waals surface area contributed by atoms with Crippen molar-refractivity contribution in [3.8, 4) is 0 Å². The normalized spacial score (nSPS) is 12.4. The number of nitrogens with two attached hydrogens (primary N) is 1. The fourth-order valence-corrected chi connectivity index (χ4v) is 2.82. The van der Waals surface area contributed by atoms with Crippen LogP contribution in [0.15, 0.2) is 46.3 Å². The molecule has 0 atom stereocenters. The Hall–Kier alpha value is -2.62. The third-order valence-corrected chi connectivity index (χ3v) is 4.07. The monoisotopic (exact) mass is 307 g/mol. The number of rotatable bonds is 4. The van der Waals surface area contributed by atoms with Gasteiger partial charge in [0.05, 0.1) is 5.56 Å². The molecule has 0 spiro atoms. The molecule has 2 heterocycles. The van der Waals surface area contributed by atoms with Gasteiger partial charge in [-0.05, 0) is 30.0 Å². The lowest BCUT2D eigenvalue weighted by Crippen LogP contribution is -2.15. The largest absolute Gasteiger partial charge is 0.437 e. The van der Waals surface area contributed by atoms with E-state index in [2.05, 4.69) is 54.7 Å². The van der Waals surface area contributed by atoms with Gasteiger partial charge < -0.3 is 10.2 Å². The first kappa shape index (κ1) is 15.3. The maximum Gasteiger partial charge on any atom is 0.227 e. The minimum Gasteiger partial charge on any atom is -0.437 e. The highest BCUT2D eigenvalue weighted by Gasteiger charge is 2.17. The topological polar surface area (TPSA) is 64.4 Å². The first-order chi connectivity index (χ1) is 11.1. The minimum atomic E-state index is 0.352. The molecule has 0 fully saturated rings. The molecule has 0 unspecified atom stereocenters. The second kappa shape index (κ2) is 5.88. The van der Waals surface area contributed by atoms with Crippen LogP contribution in [0.5, 0.6) is 0 Å². The van der Waals surface area contributed by atoms with Crippen molar-refractivity contribution >= 4 is 27.9 Å². The second-order valence-electron chi connectivity index (χ2n) is 5.92. The fourth-order valence-electron chi connectivity index (χ4n) is 2.82. The predicted molar refractivity (Wildman–Crippen MR) is 96.2 cm³/mol. The van der Waals surface area contributed by atoms with Crippen molar-refractivity contribution < 1.29 is 4.42 Å². The molecule has 23 heavy (non-hydrogen) atoms. The van der Waals surface area contributed by atoms with Crippen LogP contribution in [0, 0.1) is 0 Å². The van der Waals surface area contributed by atoms with E-state index in [-0.39, 0.29) is 0 Å². The molecular formula is C19H21N3O. The molecule has 0 radical (unpaired) electrons. The lowest BCUT2D eigenvalue weighted by Gasteiger charge is -2.07. The predicted octanol–water partition coefficient (Wildman–Crippen LogP) is 4.17. The van der Waals surface area contributed by atoms with Crippen molar-refractivity contribution in [2.24, 2.45) is 10.7 Å². The van der Waals surface area contributed by atoms with Crippen LogP contribution in [0.2, 0.25) is 0 Å². The Labute approximate surface area is 135 Å². The third-order valence-electron chi connectivity index (χ3n) is 4.07. The summed E-state index contributed by atoms with van der Waals surface area (Å²) in [6.07, 6.45) is 2.56. The van der Waals surface area contributed by atoms with Crippen LogP contribution >= 0.6 is 0 Å². The van der Waals surface area contributed by atoms with E-state index in [4.69, 9.17) is 10.2 Å². The summed E-state index contributed by atoms with van der Waals surface area (Å²) in [5.41, 5.74) is 10.4. The van der Waals surface area contributed by atoms with Crippen molar-refractivity contribution in [1.82, 2.24) is 4.98 Å². The summed E-state index contributed by atoms with van der Waals surface area (Å²) >= 11 is 0. The molecule has 0 aliphatic carbocycles. The molecular weight excluding hydrogens is 286 g/mol. The Balaban J connectivity index is 2.37.